The Morgan fingerprint density at radius 2 is 1.69 bits per heavy atom. The molecule has 3 heterocycles. The third-order valence-corrected chi connectivity index (χ3v) is 6.11. The first-order chi connectivity index (χ1) is 12.6. The molecule has 0 spiro atoms. The summed E-state index contributed by atoms with van der Waals surface area (Å²) >= 11 is 6.03. The monoisotopic (exact) mass is 361 g/mol. The van der Waals surface area contributed by atoms with Gasteiger partial charge in [0.2, 0.25) is 0 Å². The number of nitrogens with zero attached hydrogens (tertiary/aromatic N) is 4. The third kappa shape index (κ3) is 2.00. The molecule has 6 heteroatoms. The molecule has 1 aliphatic carbocycles. The van der Waals surface area contributed by atoms with Gasteiger partial charge in [0, 0.05) is 23.8 Å². The number of nitriles is 3. The molecule has 128 valence electrons. The van der Waals surface area contributed by atoms with E-state index in [-0.39, 0.29) is 11.6 Å². The molecule has 0 aromatic heterocycles. The number of rotatable bonds is 1. The second kappa shape index (κ2) is 5.80. The van der Waals surface area contributed by atoms with E-state index in [0.29, 0.717) is 10.6 Å². The van der Waals surface area contributed by atoms with Gasteiger partial charge in [-0.05, 0) is 42.0 Å². The van der Waals surface area contributed by atoms with Crippen molar-refractivity contribution < 1.29 is 0 Å². The maximum atomic E-state index is 10.0. The molecule has 0 radical (unpaired) electrons. The van der Waals surface area contributed by atoms with E-state index >= 15 is 0 Å². The van der Waals surface area contributed by atoms with Gasteiger partial charge in [-0.1, -0.05) is 23.7 Å². The van der Waals surface area contributed by atoms with Gasteiger partial charge < -0.3 is 10.6 Å². The highest BCUT2D eigenvalue weighted by molar-refractivity contribution is 6.30. The van der Waals surface area contributed by atoms with Crippen LogP contribution in [0.15, 0.2) is 46.8 Å². The van der Waals surface area contributed by atoms with Crippen molar-refractivity contribution in [2.45, 2.75) is 18.8 Å². The summed E-state index contributed by atoms with van der Waals surface area (Å²) in [6, 6.07) is 13.7. The summed E-state index contributed by atoms with van der Waals surface area (Å²) < 4.78 is 0. The van der Waals surface area contributed by atoms with Gasteiger partial charge in [0.1, 0.15) is 6.07 Å². The van der Waals surface area contributed by atoms with Crippen LogP contribution in [0.3, 0.4) is 0 Å². The molecule has 2 bridgehead atoms. The summed E-state index contributed by atoms with van der Waals surface area (Å²) in [5, 5.41) is 30.4. The number of allylic oxidation sites excluding steroid dienone is 4. The lowest BCUT2D eigenvalue weighted by Gasteiger charge is -2.51. The van der Waals surface area contributed by atoms with Crippen LogP contribution in [0.1, 0.15) is 24.3 Å². The minimum absolute atomic E-state index is 0.0810. The van der Waals surface area contributed by atoms with Gasteiger partial charge in [-0.25, -0.2) is 0 Å². The van der Waals surface area contributed by atoms with Crippen molar-refractivity contribution in [2.24, 2.45) is 17.1 Å². The molecule has 2 N–H and O–H groups in total. The smallest absolute Gasteiger partial charge is 0.196 e. The first kappa shape index (κ1) is 16.5. The molecule has 26 heavy (non-hydrogen) atoms. The molecule has 1 unspecified atom stereocenters. The standard InChI is InChI=1S/C20H16ClN5/c21-14-3-1-13(2-4-14)17-18-16(12-5-7-26(18)8-6-12)15(9-22)19(25)20(17,10-23)11-24/h1-4,12,17H,5-8,25H2. The molecule has 1 aromatic carbocycles. The Kier molecular flexibility index (Phi) is 3.69. The number of hydrogen-bond donors (Lipinski definition) is 1. The number of piperidine rings is 1. The van der Waals surface area contributed by atoms with Gasteiger partial charge >= 0.3 is 0 Å². The Morgan fingerprint density at radius 3 is 2.23 bits per heavy atom. The summed E-state index contributed by atoms with van der Waals surface area (Å²) in [5.74, 6) is -0.265. The van der Waals surface area contributed by atoms with Crippen LogP contribution in [-0.4, -0.2) is 18.0 Å². The molecule has 1 saturated heterocycles. The highest BCUT2D eigenvalue weighted by Crippen LogP contribution is 2.56. The molecular formula is C20H16ClN5. The largest absolute Gasteiger partial charge is 0.399 e. The van der Waals surface area contributed by atoms with Crippen molar-refractivity contribution in [3.05, 3.63) is 57.4 Å². The number of nitrogens with two attached hydrogens (primary N) is 1. The molecule has 0 saturated carbocycles. The Morgan fingerprint density at radius 1 is 1.08 bits per heavy atom. The molecule has 0 amide bonds. The van der Waals surface area contributed by atoms with E-state index in [1.165, 1.54) is 0 Å². The lowest BCUT2D eigenvalue weighted by molar-refractivity contribution is 0.181. The van der Waals surface area contributed by atoms with Crippen molar-refractivity contribution in [3.8, 4) is 18.2 Å². The summed E-state index contributed by atoms with van der Waals surface area (Å²) in [5.41, 5.74) is 7.79. The normalized spacial score (nSPS) is 23.9. The van der Waals surface area contributed by atoms with Crippen LogP contribution in [0.5, 0.6) is 0 Å². The summed E-state index contributed by atoms with van der Waals surface area (Å²) in [7, 11) is 0. The van der Waals surface area contributed by atoms with E-state index in [9.17, 15) is 15.8 Å². The van der Waals surface area contributed by atoms with E-state index in [1.807, 2.05) is 12.1 Å². The predicted molar refractivity (Wildman–Crippen MR) is 96.0 cm³/mol. The van der Waals surface area contributed by atoms with Gasteiger partial charge in [-0.3, -0.25) is 0 Å². The average molecular weight is 362 g/mol. The minimum Gasteiger partial charge on any atom is -0.399 e. The second-order valence-electron chi connectivity index (χ2n) is 6.98. The number of halogens is 1. The molecule has 5 nitrogen and oxygen atoms in total. The molecule has 3 aliphatic heterocycles. The van der Waals surface area contributed by atoms with E-state index < -0.39 is 11.3 Å². The zero-order valence-corrected chi connectivity index (χ0v) is 14.8. The van der Waals surface area contributed by atoms with Crippen LogP contribution in [-0.2, 0) is 0 Å². The predicted octanol–water partition coefficient (Wildman–Crippen LogP) is 3.19. The van der Waals surface area contributed by atoms with Crippen molar-refractivity contribution in [1.82, 2.24) is 4.90 Å². The van der Waals surface area contributed by atoms with E-state index in [0.717, 1.165) is 42.8 Å². The lowest BCUT2D eigenvalue weighted by Crippen LogP contribution is -2.49. The highest BCUT2D eigenvalue weighted by Gasteiger charge is 2.55. The van der Waals surface area contributed by atoms with Crippen LogP contribution in [0.2, 0.25) is 5.02 Å². The van der Waals surface area contributed by atoms with Crippen LogP contribution < -0.4 is 5.73 Å². The third-order valence-electron chi connectivity index (χ3n) is 5.86. The van der Waals surface area contributed by atoms with Crippen molar-refractivity contribution >= 4 is 11.6 Å². The zero-order valence-electron chi connectivity index (χ0n) is 14.0. The van der Waals surface area contributed by atoms with Crippen LogP contribution in [0.4, 0.5) is 0 Å². The fourth-order valence-electron chi connectivity index (χ4n) is 4.62. The quantitative estimate of drug-likeness (QED) is 0.827. The Hall–Kier alpha value is -2.94. The number of hydrogen-bond acceptors (Lipinski definition) is 5. The molecule has 1 aromatic rings. The van der Waals surface area contributed by atoms with E-state index in [1.54, 1.807) is 12.1 Å². The molecule has 5 rings (SSSR count). The number of fused-ring (bicyclic) bond motifs is 2. The summed E-state index contributed by atoms with van der Waals surface area (Å²) in [4.78, 5) is 2.22. The highest BCUT2D eigenvalue weighted by atomic mass is 35.5. The van der Waals surface area contributed by atoms with Crippen LogP contribution in [0.25, 0.3) is 0 Å². The lowest BCUT2D eigenvalue weighted by atomic mass is 9.60. The van der Waals surface area contributed by atoms with E-state index in [4.69, 9.17) is 17.3 Å². The maximum absolute atomic E-state index is 10.0. The van der Waals surface area contributed by atoms with E-state index in [2.05, 4.69) is 23.1 Å². The summed E-state index contributed by atoms with van der Waals surface area (Å²) in [6.07, 6.45) is 1.94. The van der Waals surface area contributed by atoms with Crippen molar-refractivity contribution in [1.29, 1.82) is 15.8 Å². The topological polar surface area (TPSA) is 101 Å². The fourth-order valence-corrected chi connectivity index (χ4v) is 4.75. The molecular weight excluding hydrogens is 346 g/mol. The summed E-state index contributed by atoms with van der Waals surface area (Å²) in [6.45, 7) is 1.75. The Labute approximate surface area is 157 Å². The van der Waals surface area contributed by atoms with Crippen LogP contribution >= 0.6 is 11.6 Å². The SMILES string of the molecule is N#CC1=C(N)C(C#N)(C#N)C(c2ccc(Cl)cc2)C2=C1C1CCN2CC1. The van der Waals surface area contributed by atoms with Crippen LogP contribution in [0, 0.1) is 45.3 Å². The van der Waals surface area contributed by atoms with Gasteiger partial charge in [0.15, 0.2) is 5.41 Å². The molecule has 4 aliphatic rings. The van der Waals surface area contributed by atoms with Gasteiger partial charge in [-0.15, -0.1) is 0 Å². The van der Waals surface area contributed by atoms with Gasteiger partial charge in [-0.2, -0.15) is 15.8 Å². The first-order valence-electron chi connectivity index (χ1n) is 8.55. The fraction of sp³-hybridized carbons (Fsp3) is 0.350. The van der Waals surface area contributed by atoms with Crippen molar-refractivity contribution in [3.63, 3.8) is 0 Å². The van der Waals surface area contributed by atoms with Gasteiger partial charge in [0.25, 0.3) is 0 Å². The first-order valence-corrected chi connectivity index (χ1v) is 8.93. The Balaban J connectivity index is 2.06. The maximum Gasteiger partial charge on any atom is 0.196 e. The Bertz CT molecular complexity index is 945. The average Bonchev–Trinajstić information content (AvgIpc) is 2.69. The van der Waals surface area contributed by atoms with Gasteiger partial charge in [0.05, 0.1) is 29.3 Å². The molecule has 1 atom stereocenters. The molecule has 1 fully saturated rings. The van der Waals surface area contributed by atoms with Crippen molar-refractivity contribution in [2.75, 3.05) is 13.1 Å². The zero-order chi connectivity index (χ0) is 18.5. The minimum atomic E-state index is -1.60. The second-order valence-corrected chi connectivity index (χ2v) is 7.41. The number of benzene rings is 1.